The molecule has 41 heavy (non-hydrogen) atoms. The third kappa shape index (κ3) is 9.33. The van der Waals surface area contributed by atoms with Gasteiger partial charge in [0.25, 0.3) is 0 Å². The number of carbonyl (C=O) groups excluding carboxylic acids is 2. The Morgan fingerprint density at radius 1 is 0.927 bits per heavy atom. The molecule has 3 aromatic carbocycles. The molecule has 0 saturated heterocycles. The number of hydrogen-bond donors (Lipinski definition) is 1. The van der Waals surface area contributed by atoms with Crippen LogP contribution in [0.1, 0.15) is 30.9 Å². The molecule has 0 radical (unpaired) electrons. The lowest BCUT2D eigenvalue weighted by Gasteiger charge is -2.33. The molecule has 220 valence electrons. The number of carbonyl (C=O) groups is 2. The second-order valence-corrected chi connectivity index (χ2v) is 12.6. The maximum absolute atomic E-state index is 14.0. The minimum absolute atomic E-state index is 0.00810. The minimum Gasteiger partial charge on any atom is -0.354 e. The molecule has 0 fully saturated rings. The third-order valence-corrected chi connectivity index (χ3v) is 8.48. The smallest absolute Gasteiger partial charge is 0.244 e. The van der Waals surface area contributed by atoms with Gasteiger partial charge in [-0.25, -0.2) is 12.8 Å². The molecule has 0 heterocycles. The first kappa shape index (κ1) is 32.7. The van der Waals surface area contributed by atoms with Crippen molar-refractivity contribution in [1.82, 2.24) is 10.2 Å². The van der Waals surface area contributed by atoms with E-state index in [9.17, 15) is 22.4 Å². The normalized spacial score (nSPS) is 12.0. The number of nitrogens with zero attached hydrogens (tertiary/aromatic N) is 2. The van der Waals surface area contributed by atoms with E-state index in [1.165, 1.54) is 11.0 Å². The number of anilines is 1. The lowest BCUT2D eigenvalue weighted by molar-refractivity contribution is -0.140. The molecule has 1 atom stereocenters. The molecule has 0 aliphatic carbocycles. The van der Waals surface area contributed by atoms with Crippen LogP contribution < -0.4 is 9.62 Å². The van der Waals surface area contributed by atoms with Gasteiger partial charge >= 0.3 is 0 Å². The van der Waals surface area contributed by atoms with Crippen LogP contribution in [0.5, 0.6) is 0 Å². The Morgan fingerprint density at radius 3 is 2.24 bits per heavy atom. The van der Waals surface area contributed by atoms with Crippen LogP contribution in [0.4, 0.5) is 10.1 Å². The minimum atomic E-state index is -4.02. The van der Waals surface area contributed by atoms with Crippen molar-refractivity contribution in [2.75, 3.05) is 23.7 Å². The Balaban J connectivity index is 2.06. The van der Waals surface area contributed by atoms with Gasteiger partial charge in [-0.3, -0.25) is 13.9 Å². The van der Waals surface area contributed by atoms with E-state index in [0.717, 1.165) is 41.1 Å². The Labute approximate surface area is 255 Å². The number of hydrogen-bond acceptors (Lipinski definition) is 4. The average Bonchev–Trinajstić information content (AvgIpc) is 2.92. The molecule has 3 rings (SSSR count). The highest BCUT2D eigenvalue weighted by atomic mass is 35.5. The van der Waals surface area contributed by atoms with Crippen LogP contribution in [0.25, 0.3) is 0 Å². The number of sulfonamides is 1. The van der Waals surface area contributed by atoms with E-state index in [2.05, 4.69) is 5.32 Å². The molecule has 3 aromatic rings. The number of amides is 2. The van der Waals surface area contributed by atoms with E-state index in [1.807, 2.05) is 37.3 Å². The summed E-state index contributed by atoms with van der Waals surface area (Å²) in [5.41, 5.74) is 1.40. The quantitative estimate of drug-likeness (QED) is 0.228. The Bertz CT molecular complexity index is 1480. The van der Waals surface area contributed by atoms with Crippen LogP contribution in [0, 0.1) is 5.82 Å². The second kappa shape index (κ2) is 14.9. The molecule has 2 amide bonds. The summed E-state index contributed by atoms with van der Waals surface area (Å²) in [4.78, 5) is 28.9. The summed E-state index contributed by atoms with van der Waals surface area (Å²) in [7, 11) is -4.02. The topological polar surface area (TPSA) is 86.8 Å². The Morgan fingerprint density at radius 2 is 1.63 bits per heavy atom. The van der Waals surface area contributed by atoms with Crippen LogP contribution >= 0.6 is 34.8 Å². The molecule has 0 unspecified atom stereocenters. The molecule has 0 bridgehead atoms. The number of nitrogens with one attached hydrogen (secondary N) is 1. The van der Waals surface area contributed by atoms with E-state index >= 15 is 0 Å². The van der Waals surface area contributed by atoms with Crippen molar-refractivity contribution < 1.29 is 22.4 Å². The summed E-state index contributed by atoms with van der Waals surface area (Å²) in [5, 5.41) is 3.19. The Kier molecular flexibility index (Phi) is 11.8. The summed E-state index contributed by atoms with van der Waals surface area (Å²) in [6.07, 6.45) is 2.71. The molecular weight excluding hydrogens is 612 g/mol. The van der Waals surface area contributed by atoms with Crippen LogP contribution in [0.2, 0.25) is 15.1 Å². The molecule has 1 N–H and O–H groups in total. The van der Waals surface area contributed by atoms with Gasteiger partial charge in [-0.2, -0.15) is 0 Å². The van der Waals surface area contributed by atoms with E-state index in [0.29, 0.717) is 17.1 Å². The summed E-state index contributed by atoms with van der Waals surface area (Å²) in [6.45, 7) is 1.69. The molecule has 0 spiro atoms. The molecule has 7 nitrogen and oxygen atoms in total. The highest BCUT2D eigenvalue weighted by Gasteiger charge is 2.33. The van der Waals surface area contributed by atoms with Gasteiger partial charge in [0.05, 0.1) is 27.0 Å². The van der Waals surface area contributed by atoms with Crippen molar-refractivity contribution in [3.8, 4) is 0 Å². The van der Waals surface area contributed by atoms with Crippen molar-refractivity contribution in [1.29, 1.82) is 0 Å². The zero-order valence-electron chi connectivity index (χ0n) is 22.6. The van der Waals surface area contributed by atoms with Crippen molar-refractivity contribution in [2.45, 2.75) is 38.8 Å². The van der Waals surface area contributed by atoms with Gasteiger partial charge in [-0.15, -0.1) is 0 Å². The van der Waals surface area contributed by atoms with Gasteiger partial charge < -0.3 is 10.2 Å². The number of benzene rings is 3. The van der Waals surface area contributed by atoms with Gasteiger partial charge in [0.15, 0.2) is 0 Å². The molecule has 0 aliphatic heterocycles. The predicted molar refractivity (Wildman–Crippen MR) is 162 cm³/mol. The van der Waals surface area contributed by atoms with Crippen LogP contribution in [0.3, 0.4) is 0 Å². The fourth-order valence-corrected chi connectivity index (χ4v) is 5.49. The number of halogens is 4. The van der Waals surface area contributed by atoms with Gasteiger partial charge in [0.2, 0.25) is 21.8 Å². The zero-order valence-corrected chi connectivity index (χ0v) is 25.7. The maximum Gasteiger partial charge on any atom is 0.244 e. The van der Waals surface area contributed by atoms with E-state index < -0.39 is 34.3 Å². The highest BCUT2D eigenvalue weighted by Crippen LogP contribution is 2.27. The molecular formula is C29H31Cl3FN3O4S. The van der Waals surface area contributed by atoms with E-state index in [1.54, 1.807) is 18.2 Å². The zero-order chi connectivity index (χ0) is 30.2. The summed E-state index contributed by atoms with van der Waals surface area (Å²) in [6, 6.07) is 16.4. The van der Waals surface area contributed by atoms with Gasteiger partial charge in [-0.1, -0.05) is 84.5 Å². The second-order valence-electron chi connectivity index (χ2n) is 9.49. The fraction of sp³-hybridized carbons (Fsp3) is 0.310. The first-order chi connectivity index (χ1) is 19.4. The number of unbranched alkanes of at least 4 members (excludes halogenated alkanes) is 1. The summed E-state index contributed by atoms with van der Waals surface area (Å²) < 4.78 is 40.3. The highest BCUT2D eigenvalue weighted by molar-refractivity contribution is 7.92. The number of rotatable bonds is 13. The van der Waals surface area contributed by atoms with Crippen LogP contribution in [-0.2, 0) is 32.6 Å². The van der Waals surface area contributed by atoms with Crippen molar-refractivity contribution in [3.05, 3.63) is 98.7 Å². The molecule has 0 saturated carbocycles. The lowest BCUT2D eigenvalue weighted by Crippen LogP contribution is -2.53. The third-order valence-electron chi connectivity index (χ3n) is 6.31. The van der Waals surface area contributed by atoms with Crippen molar-refractivity contribution >= 4 is 62.3 Å². The molecule has 0 aliphatic rings. The SMILES string of the molecule is CCCCNC(=O)[C@H](Cc1ccccc1)N(Cc1ccc(Cl)c(Cl)c1)C(=O)CN(c1ccc(F)c(Cl)c1)S(C)(=O)=O. The monoisotopic (exact) mass is 641 g/mol. The first-order valence-electron chi connectivity index (χ1n) is 12.9. The lowest BCUT2D eigenvalue weighted by atomic mass is 10.0. The van der Waals surface area contributed by atoms with Crippen LogP contribution in [0.15, 0.2) is 66.7 Å². The summed E-state index contributed by atoms with van der Waals surface area (Å²) >= 11 is 18.3. The summed E-state index contributed by atoms with van der Waals surface area (Å²) in [5.74, 6) is -1.77. The maximum atomic E-state index is 14.0. The fourth-order valence-electron chi connectivity index (χ4n) is 4.15. The largest absolute Gasteiger partial charge is 0.354 e. The van der Waals surface area contributed by atoms with Gasteiger partial charge in [-0.05, 0) is 47.9 Å². The first-order valence-corrected chi connectivity index (χ1v) is 15.9. The van der Waals surface area contributed by atoms with Gasteiger partial charge in [0, 0.05) is 19.5 Å². The average molecular weight is 643 g/mol. The van der Waals surface area contributed by atoms with E-state index in [-0.39, 0.29) is 34.6 Å². The van der Waals surface area contributed by atoms with Crippen molar-refractivity contribution in [3.63, 3.8) is 0 Å². The van der Waals surface area contributed by atoms with Crippen LogP contribution in [-0.4, -0.2) is 50.5 Å². The molecule has 12 heteroatoms. The standard InChI is InChI=1S/C29H31Cl3FN3O4S/c1-3-4-14-34-29(38)27(16-20-8-6-5-7-9-20)35(18-21-10-12-23(30)24(31)15-21)28(37)19-36(41(2,39)40)22-11-13-26(33)25(32)17-22/h5-13,15,17,27H,3-4,14,16,18-19H2,1-2H3,(H,34,38)/t27-/m0/s1. The predicted octanol–water partition coefficient (Wildman–Crippen LogP) is 6.11. The van der Waals surface area contributed by atoms with Crippen molar-refractivity contribution in [2.24, 2.45) is 0 Å². The molecule has 0 aromatic heterocycles. The van der Waals surface area contributed by atoms with Gasteiger partial charge in [0.1, 0.15) is 18.4 Å². The van der Waals surface area contributed by atoms with E-state index in [4.69, 9.17) is 34.8 Å². The Hall–Kier alpha value is -2.85.